The number of ether oxygens (including phenoxy) is 2. The van der Waals surface area contributed by atoms with Crippen molar-refractivity contribution in [2.75, 3.05) is 20.8 Å². The van der Waals surface area contributed by atoms with Crippen LogP contribution in [0.15, 0.2) is 23.2 Å². The standard InChI is InChI=1S/C13H20N2O2/c1-9(2)8-15-13(14)10-5-11(16-3)7-12(6-10)17-4/h5-7,9H,8H2,1-4H3,(H2,14,15). The fourth-order valence-corrected chi connectivity index (χ4v) is 1.33. The molecular weight excluding hydrogens is 216 g/mol. The average Bonchev–Trinajstić information content (AvgIpc) is 2.34. The van der Waals surface area contributed by atoms with Gasteiger partial charge in [0.05, 0.1) is 14.2 Å². The topological polar surface area (TPSA) is 56.8 Å². The highest BCUT2D eigenvalue weighted by atomic mass is 16.5. The quantitative estimate of drug-likeness (QED) is 0.629. The van der Waals surface area contributed by atoms with Gasteiger partial charge in [0.25, 0.3) is 0 Å². The van der Waals surface area contributed by atoms with Crippen LogP contribution in [0.5, 0.6) is 11.5 Å². The predicted molar refractivity (Wildman–Crippen MR) is 70.0 cm³/mol. The lowest BCUT2D eigenvalue weighted by atomic mass is 10.1. The van der Waals surface area contributed by atoms with Gasteiger partial charge in [-0.1, -0.05) is 13.8 Å². The number of methoxy groups -OCH3 is 2. The van der Waals surface area contributed by atoms with Crippen LogP contribution in [0.25, 0.3) is 0 Å². The van der Waals surface area contributed by atoms with E-state index in [0.29, 0.717) is 29.8 Å². The number of nitrogens with zero attached hydrogens (tertiary/aromatic N) is 1. The van der Waals surface area contributed by atoms with E-state index in [1.54, 1.807) is 20.3 Å². The molecule has 0 radical (unpaired) electrons. The summed E-state index contributed by atoms with van der Waals surface area (Å²) in [5.41, 5.74) is 6.75. The number of rotatable bonds is 5. The van der Waals surface area contributed by atoms with Crippen LogP contribution in [0.4, 0.5) is 0 Å². The summed E-state index contributed by atoms with van der Waals surface area (Å²) in [4.78, 5) is 4.33. The minimum absolute atomic E-state index is 0.487. The van der Waals surface area contributed by atoms with Crippen molar-refractivity contribution in [2.45, 2.75) is 13.8 Å². The Morgan fingerprint density at radius 1 is 1.18 bits per heavy atom. The van der Waals surface area contributed by atoms with Crippen LogP contribution in [-0.2, 0) is 0 Å². The van der Waals surface area contributed by atoms with Crippen LogP contribution in [0.2, 0.25) is 0 Å². The highest BCUT2D eigenvalue weighted by molar-refractivity contribution is 5.98. The molecule has 0 saturated carbocycles. The van der Waals surface area contributed by atoms with Crippen molar-refractivity contribution < 1.29 is 9.47 Å². The fourth-order valence-electron chi connectivity index (χ4n) is 1.33. The first-order chi connectivity index (χ1) is 8.06. The SMILES string of the molecule is COc1cc(OC)cc(C(N)=NCC(C)C)c1. The summed E-state index contributed by atoms with van der Waals surface area (Å²) in [7, 11) is 3.22. The highest BCUT2D eigenvalue weighted by Crippen LogP contribution is 2.22. The molecule has 4 heteroatoms. The monoisotopic (exact) mass is 236 g/mol. The first-order valence-electron chi connectivity index (χ1n) is 5.60. The van der Waals surface area contributed by atoms with Gasteiger partial charge in [-0.2, -0.15) is 0 Å². The zero-order chi connectivity index (χ0) is 12.8. The number of amidine groups is 1. The van der Waals surface area contributed by atoms with E-state index in [0.717, 1.165) is 5.56 Å². The van der Waals surface area contributed by atoms with Crippen LogP contribution in [0.3, 0.4) is 0 Å². The molecule has 94 valence electrons. The molecule has 0 aliphatic carbocycles. The summed E-state index contributed by atoms with van der Waals surface area (Å²) in [6.45, 7) is 4.91. The number of nitrogens with two attached hydrogens (primary N) is 1. The average molecular weight is 236 g/mol. The molecule has 1 rings (SSSR count). The maximum absolute atomic E-state index is 5.93. The Morgan fingerprint density at radius 3 is 2.12 bits per heavy atom. The fraction of sp³-hybridized carbons (Fsp3) is 0.462. The molecule has 17 heavy (non-hydrogen) atoms. The molecule has 0 saturated heterocycles. The molecule has 0 aliphatic rings. The first kappa shape index (κ1) is 13.4. The summed E-state index contributed by atoms with van der Waals surface area (Å²) >= 11 is 0. The number of aliphatic imine (C=N–C) groups is 1. The molecule has 4 nitrogen and oxygen atoms in total. The zero-order valence-electron chi connectivity index (χ0n) is 10.9. The van der Waals surface area contributed by atoms with Gasteiger partial charge in [-0.05, 0) is 18.1 Å². The van der Waals surface area contributed by atoms with Crippen LogP contribution >= 0.6 is 0 Å². The second kappa shape index (κ2) is 6.13. The Labute approximate surface area is 102 Å². The minimum Gasteiger partial charge on any atom is -0.497 e. The molecule has 0 spiro atoms. The summed E-state index contributed by atoms with van der Waals surface area (Å²) in [5.74, 6) is 2.42. The van der Waals surface area contributed by atoms with Crippen molar-refractivity contribution in [3.8, 4) is 11.5 Å². The van der Waals surface area contributed by atoms with Crippen LogP contribution in [0, 0.1) is 5.92 Å². The zero-order valence-corrected chi connectivity index (χ0v) is 10.9. The summed E-state index contributed by atoms with van der Waals surface area (Å²) < 4.78 is 10.4. The molecule has 1 aromatic carbocycles. The smallest absolute Gasteiger partial charge is 0.125 e. The Bertz CT molecular complexity index is 378. The van der Waals surface area contributed by atoms with E-state index in [1.807, 2.05) is 12.1 Å². The molecule has 0 aromatic heterocycles. The largest absolute Gasteiger partial charge is 0.497 e. The molecule has 1 aromatic rings. The molecule has 0 heterocycles. The third kappa shape index (κ3) is 3.98. The Kier molecular flexibility index (Phi) is 4.82. The number of hydrogen-bond acceptors (Lipinski definition) is 3. The van der Waals surface area contributed by atoms with Gasteiger partial charge in [0.15, 0.2) is 0 Å². The van der Waals surface area contributed by atoms with Crippen LogP contribution in [-0.4, -0.2) is 26.6 Å². The summed E-state index contributed by atoms with van der Waals surface area (Å²) in [5, 5.41) is 0. The normalized spacial score (nSPS) is 11.7. The second-order valence-corrected chi connectivity index (χ2v) is 4.22. The molecule has 0 amide bonds. The van der Waals surface area contributed by atoms with Gasteiger partial charge < -0.3 is 15.2 Å². The Morgan fingerprint density at radius 2 is 1.71 bits per heavy atom. The molecule has 0 aliphatic heterocycles. The van der Waals surface area contributed by atoms with Crippen LogP contribution in [0.1, 0.15) is 19.4 Å². The molecular formula is C13H20N2O2. The van der Waals surface area contributed by atoms with Crippen molar-refractivity contribution in [1.82, 2.24) is 0 Å². The molecule has 0 unspecified atom stereocenters. The first-order valence-corrected chi connectivity index (χ1v) is 5.60. The van der Waals surface area contributed by atoms with Gasteiger partial charge in [-0.25, -0.2) is 0 Å². The van der Waals surface area contributed by atoms with Gasteiger partial charge >= 0.3 is 0 Å². The predicted octanol–water partition coefficient (Wildman–Crippen LogP) is 2.07. The van der Waals surface area contributed by atoms with E-state index >= 15 is 0 Å². The minimum atomic E-state index is 0.487. The van der Waals surface area contributed by atoms with E-state index in [1.165, 1.54) is 0 Å². The van der Waals surface area contributed by atoms with E-state index < -0.39 is 0 Å². The Balaban J connectivity index is 2.99. The number of benzene rings is 1. The van der Waals surface area contributed by atoms with Gasteiger partial charge in [0.2, 0.25) is 0 Å². The lowest BCUT2D eigenvalue weighted by Gasteiger charge is -2.08. The van der Waals surface area contributed by atoms with Crippen molar-refractivity contribution in [2.24, 2.45) is 16.6 Å². The van der Waals surface area contributed by atoms with E-state index in [2.05, 4.69) is 18.8 Å². The van der Waals surface area contributed by atoms with Crippen molar-refractivity contribution >= 4 is 5.84 Å². The lowest BCUT2D eigenvalue weighted by molar-refractivity contribution is 0.394. The molecule has 0 atom stereocenters. The Hall–Kier alpha value is -1.71. The molecule has 0 bridgehead atoms. The van der Waals surface area contributed by atoms with Gasteiger partial charge in [0.1, 0.15) is 17.3 Å². The highest BCUT2D eigenvalue weighted by Gasteiger charge is 2.05. The van der Waals surface area contributed by atoms with E-state index in [-0.39, 0.29) is 0 Å². The van der Waals surface area contributed by atoms with Gasteiger partial charge in [-0.3, -0.25) is 4.99 Å². The molecule has 2 N–H and O–H groups in total. The third-order valence-electron chi connectivity index (χ3n) is 2.27. The van der Waals surface area contributed by atoms with Crippen molar-refractivity contribution in [3.05, 3.63) is 23.8 Å². The summed E-state index contributed by atoms with van der Waals surface area (Å²) in [6.07, 6.45) is 0. The van der Waals surface area contributed by atoms with E-state index in [9.17, 15) is 0 Å². The van der Waals surface area contributed by atoms with Crippen molar-refractivity contribution in [1.29, 1.82) is 0 Å². The van der Waals surface area contributed by atoms with Crippen molar-refractivity contribution in [3.63, 3.8) is 0 Å². The maximum atomic E-state index is 5.93. The maximum Gasteiger partial charge on any atom is 0.125 e. The lowest BCUT2D eigenvalue weighted by Crippen LogP contribution is -2.15. The van der Waals surface area contributed by atoms with Gasteiger partial charge in [-0.15, -0.1) is 0 Å². The molecule has 0 fully saturated rings. The number of hydrogen-bond donors (Lipinski definition) is 1. The second-order valence-electron chi connectivity index (χ2n) is 4.22. The van der Waals surface area contributed by atoms with Crippen LogP contribution < -0.4 is 15.2 Å². The van der Waals surface area contributed by atoms with E-state index in [4.69, 9.17) is 15.2 Å². The third-order valence-corrected chi connectivity index (χ3v) is 2.27. The summed E-state index contributed by atoms with van der Waals surface area (Å²) in [6, 6.07) is 5.50. The van der Waals surface area contributed by atoms with Gasteiger partial charge in [0, 0.05) is 18.2 Å².